The van der Waals surface area contributed by atoms with Crippen LogP contribution in [0.5, 0.6) is 0 Å². The molecule has 1 aromatic carbocycles. The Hall–Kier alpha value is -2.88. The zero-order valence-corrected chi connectivity index (χ0v) is 16.3. The van der Waals surface area contributed by atoms with E-state index in [2.05, 4.69) is 6.58 Å². The molecule has 0 amide bonds. The third-order valence-corrected chi connectivity index (χ3v) is 3.31. The molecular formula is C22H29NO3. The van der Waals surface area contributed by atoms with Gasteiger partial charge in [0.1, 0.15) is 0 Å². The van der Waals surface area contributed by atoms with Crippen LogP contribution in [0.15, 0.2) is 53.3 Å². The predicted molar refractivity (Wildman–Crippen MR) is 110 cm³/mol. The van der Waals surface area contributed by atoms with Gasteiger partial charge in [-0.2, -0.15) is 0 Å². The Balaban J connectivity index is 0.00000146. The van der Waals surface area contributed by atoms with Crippen LogP contribution in [0.3, 0.4) is 0 Å². The number of pyridine rings is 1. The molecule has 0 aliphatic rings. The monoisotopic (exact) mass is 355 g/mol. The third-order valence-electron chi connectivity index (χ3n) is 3.31. The number of carbonyl (C=O) groups is 1. The van der Waals surface area contributed by atoms with Crippen LogP contribution in [0.25, 0.3) is 12.7 Å². The summed E-state index contributed by atoms with van der Waals surface area (Å²) in [4.78, 5) is 23.7. The number of benzene rings is 1. The van der Waals surface area contributed by atoms with E-state index in [0.717, 1.165) is 5.56 Å². The summed E-state index contributed by atoms with van der Waals surface area (Å²) >= 11 is 0. The lowest BCUT2D eigenvalue weighted by molar-refractivity contribution is 0.194. The first-order valence-corrected chi connectivity index (χ1v) is 8.88. The lowest BCUT2D eigenvalue weighted by atomic mass is 10.1. The fourth-order valence-electron chi connectivity index (χ4n) is 2.22. The Kier molecular flexibility index (Phi) is 11.1. The maximum absolute atomic E-state index is 12.4. The van der Waals surface area contributed by atoms with E-state index in [1.807, 2.05) is 71.0 Å². The molecular weight excluding hydrogens is 326 g/mol. The number of nitrogens with zero attached hydrogens (tertiary/aromatic N) is 1. The van der Waals surface area contributed by atoms with Crippen molar-refractivity contribution in [3.63, 3.8) is 0 Å². The van der Waals surface area contributed by atoms with Gasteiger partial charge in [0.05, 0.1) is 5.35 Å². The Morgan fingerprint density at radius 1 is 1.15 bits per heavy atom. The Bertz CT molecular complexity index is 878. The summed E-state index contributed by atoms with van der Waals surface area (Å²) in [6.45, 7) is 13.6. The van der Waals surface area contributed by atoms with Gasteiger partial charge in [-0.05, 0) is 23.8 Å². The first-order chi connectivity index (χ1) is 12.5. The van der Waals surface area contributed by atoms with E-state index in [1.54, 1.807) is 18.2 Å². The van der Waals surface area contributed by atoms with Crippen LogP contribution in [0, 0.1) is 0 Å². The molecule has 4 nitrogen and oxygen atoms in total. The van der Waals surface area contributed by atoms with Crippen molar-refractivity contribution in [2.24, 2.45) is 0 Å². The molecule has 0 saturated carbocycles. The number of allylic oxidation sites excluding steroid dienone is 2. The molecule has 1 heterocycles. The van der Waals surface area contributed by atoms with E-state index in [1.165, 1.54) is 0 Å². The molecule has 2 aromatic rings. The fourth-order valence-corrected chi connectivity index (χ4v) is 2.22. The molecule has 140 valence electrons. The minimum atomic E-state index is -1.32. The van der Waals surface area contributed by atoms with E-state index < -0.39 is 11.7 Å². The van der Waals surface area contributed by atoms with Gasteiger partial charge in [-0.25, -0.2) is 9.36 Å². The lowest BCUT2D eigenvalue weighted by Crippen LogP contribution is -2.46. The third kappa shape index (κ3) is 6.20. The molecule has 1 aromatic heterocycles. The average Bonchev–Trinajstić information content (AvgIpc) is 2.67. The molecule has 0 saturated heterocycles. The summed E-state index contributed by atoms with van der Waals surface area (Å²) in [5.74, 6) is 0. The second-order valence-corrected chi connectivity index (χ2v) is 4.85. The van der Waals surface area contributed by atoms with E-state index in [-0.39, 0.29) is 5.35 Å². The van der Waals surface area contributed by atoms with Crippen molar-refractivity contribution in [1.29, 1.82) is 0 Å². The van der Waals surface area contributed by atoms with Crippen LogP contribution in [0.2, 0.25) is 0 Å². The summed E-state index contributed by atoms with van der Waals surface area (Å²) in [5.41, 5.74) is 0.834. The van der Waals surface area contributed by atoms with E-state index >= 15 is 0 Å². The van der Waals surface area contributed by atoms with E-state index in [0.29, 0.717) is 21.8 Å². The van der Waals surface area contributed by atoms with Crippen molar-refractivity contribution in [1.82, 2.24) is 4.57 Å². The Labute approximate surface area is 155 Å². The second-order valence-electron chi connectivity index (χ2n) is 4.85. The van der Waals surface area contributed by atoms with Crippen LogP contribution in [0.4, 0.5) is 4.79 Å². The molecule has 2 rings (SSSR count). The highest BCUT2D eigenvalue weighted by atomic mass is 16.4. The van der Waals surface area contributed by atoms with Crippen LogP contribution < -0.4 is 16.1 Å². The number of aromatic nitrogens is 1. The molecule has 0 bridgehead atoms. The molecule has 0 atom stereocenters. The predicted octanol–water partition coefficient (Wildman–Crippen LogP) is 3.78. The highest BCUT2D eigenvalue weighted by molar-refractivity contribution is 5.68. The minimum absolute atomic E-state index is 0.174. The van der Waals surface area contributed by atoms with Crippen molar-refractivity contribution in [3.8, 4) is 0 Å². The maximum Gasteiger partial charge on any atom is 0.419 e. The highest BCUT2D eigenvalue weighted by Gasteiger charge is 2.11. The summed E-state index contributed by atoms with van der Waals surface area (Å²) in [7, 11) is 0. The lowest BCUT2D eigenvalue weighted by Gasteiger charge is -2.06. The van der Waals surface area contributed by atoms with Crippen molar-refractivity contribution < 1.29 is 9.90 Å². The first kappa shape index (κ1) is 23.1. The molecule has 0 aliphatic carbocycles. The summed E-state index contributed by atoms with van der Waals surface area (Å²) in [6, 6.07) is 11.2. The van der Waals surface area contributed by atoms with Gasteiger partial charge in [-0.15, -0.1) is 0 Å². The summed E-state index contributed by atoms with van der Waals surface area (Å²) in [6.07, 6.45) is 4.42. The van der Waals surface area contributed by atoms with Crippen LogP contribution in [-0.2, 0) is 6.42 Å². The number of hydrogen-bond donors (Lipinski definition) is 1. The SMILES string of the molecule is C=c1/c(=C\C=C/C)cc(Cc2ccccc2)c(=O)n1C(=O)O.CC.CC. The van der Waals surface area contributed by atoms with Gasteiger partial charge in [0.25, 0.3) is 5.56 Å². The molecule has 26 heavy (non-hydrogen) atoms. The van der Waals surface area contributed by atoms with E-state index in [4.69, 9.17) is 0 Å². The van der Waals surface area contributed by atoms with Crippen molar-refractivity contribution in [2.75, 3.05) is 0 Å². The van der Waals surface area contributed by atoms with Gasteiger partial charge < -0.3 is 5.11 Å². The highest BCUT2D eigenvalue weighted by Crippen LogP contribution is 2.03. The second kappa shape index (κ2) is 12.5. The molecule has 0 radical (unpaired) electrons. The zero-order chi connectivity index (χ0) is 20.1. The quantitative estimate of drug-likeness (QED) is 0.911. The van der Waals surface area contributed by atoms with Gasteiger partial charge in [-0.1, -0.05) is 82.8 Å². The standard InChI is InChI=1S/C18H17NO3.2C2H6/c1-3-4-10-15-12-16(11-14-8-6-5-7-9-14)17(20)19(13(15)2)18(21)22;2*1-2/h3-10,12H,2,11H2,1H3,(H,21,22);2*1-2H3/b4-3-,15-10-;;. The van der Waals surface area contributed by atoms with Gasteiger partial charge in [0.15, 0.2) is 0 Å². The van der Waals surface area contributed by atoms with Crippen molar-refractivity contribution in [3.05, 3.63) is 80.6 Å². The smallest absolute Gasteiger partial charge is 0.419 e. The Morgan fingerprint density at radius 3 is 2.23 bits per heavy atom. The minimum Gasteiger partial charge on any atom is -0.464 e. The topological polar surface area (TPSA) is 59.3 Å². The van der Waals surface area contributed by atoms with Crippen LogP contribution >= 0.6 is 0 Å². The first-order valence-electron chi connectivity index (χ1n) is 8.88. The zero-order valence-electron chi connectivity index (χ0n) is 16.3. The van der Waals surface area contributed by atoms with Gasteiger partial charge in [0.2, 0.25) is 0 Å². The molecule has 0 unspecified atom stereocenters. The summed E-state index contributed by atoms with van der Waals surface area (Å²) < 4.78 is 0.702. The number of hydrogen-bond acceptors (Lipinski definition) is 2. The fraction of sp³-hybridized carbons (Fsp3) is 0.273. The average molecular weight is 355 g/mol. The van der Waals surface area contributed by atoms with Crippen LogP contribution in [-0.4, -0.2) is 15.8 Å². The van der Waals surface area contributed by atoms with Crippen LogP contribution in [0.1, 0.15) is 45.7 Å². The molecule has 0 fully saturated rings. The summed E-state index contributed by atoms with van der Waals surface area (Å²) in [5, 5.41) is 10.1. The molecule has 0 spiro atoms. The van der Waals surface area contributed by atoms with Crippen molar-refractivity contribution >= 4 is 18.7 Å². The van der Waals surface area contributed by atoms with E-state index in [9.17, 15) is 14.7 Å². The number of rotatable bonds is 3. The largest absolute Gasteiger partial charge is 0.464 e. The normalized spacial score (nSPS) is 10.6. The number of carboxylic acid groups (broad SMARTS) is 1. The van der Waals surface area contributed by atoms with Gasteiger partial charge in [-0.3, -0.25) is 4.79 Å². The van der Waals surface area contributed by atoms with Crippen molar-refractivity contribution in [2.45, 2.75) is 41.0 Å². The van der Waals surface area contributed by atoms with Gasteiger partial charge in [0, 0.05) is 12.0 Å². The molecule has 4 heteroatoms. The van der Waals surface area contributed by atoms with Gasteiger partial charge >= 0.3 is 6.09 Å². The maximum atomic E-state index is 12.4. The molecule has 1 N–H and O–H groups in total. The molecule has 0 aliphatic heterocycles. The Morgan fingerprint density at radius 2 is 1.73 bits per heavy atom.